The van der Waals surface area contributed by atoms with E-state index >= 15 is 0 Å². The summed E-state index contributed by atoms with van der Waals surface area (Å²) in [5, 5.41) is 9.40. The summed E-state index contributed by atoms with van der Waals surface area (Å²) in [6, 6.07) is 13.5. The lowest BCUT2D eigenvalue weighted by Gasteiger charge is -2.31. The fraction of sp³-hybridized carbons (Fsp3) is 0.304. The number of rotatable bonds is 6. The van der Waals surface area contributed by atoms with E-state index in [1.54, 1.807) is 30.5 Å². The number of aromatic carboxylic acids is 1. The summed E-state index contributed by atoms with van der Waals surface area (Å²) < 4.78 is 19.1. The fourth-order valence-corrected chi connectivity index (χ4v) is 3.90. The molecular formula is C23H23FN2O3. The first-order chi connectivity index (χ1) is 14.1. The number of carboxylic acids is 1. The van der Waals surface area contributed by atoms with E-state index in [0.29, 0.717) is 18.5 Å². The number of carboxylic acid groups (broad SMARTS) is 1. The highest BCUT2D eigenvalue weighted by Crippen LogP contribution is 2.28. The minimum Gasteiger partial charge on any atom is -0.478 e. The van der Waals surface area contributed by atoms with Gasteiger partial charge in [-0.05, 0) is 48.7 Å². The standard InChI is InChI=1S/C23H23FN2O3/c24-19-9-7-16(8-10-19)12-20-13-25-22(29-20)18-5-3-11-26(15-18)14-17-4-1-2-6-21(17)23(27)28/h1-2,4,6-10,13,18H,3,5,11-12,14-15H2,(H,27,28)/t18-/m1/s1. The minimum absolute atomic E-state index is 0.183. The summed E-state index contributed by atoms with van der Waals surface area (Å²) in [4.78, 5) is 18.2. The SMILES string of the molecule is O=C(O)c1ccccc1CN1CCC[C@@H](c2ncc(Cc3ccc(F)cc3)o2)C1. The van der Waals surface area contributed by atoms with Crippen LogP contribution in [0.1, 0.15) is 51.9 Å². The molecule has 1 saturated heterocycles. The Bertz CT molecular complexity index is 984. The monoisotopic (exact) mass is 394 g/mol. The summed E-state index contributed by atoms with van der Waals surface area (Å²) in [6.07, 6.45) is 4.33. The first-order valence-electron chi connectivity index (χ1n) is 9.81. The number of piperidine rings is 1. The lowest BCUT2D eigenvalue weighted by atomic mass is 9.97. The van der Waals surface area contributed by atoms with Crippen molar-refractivity contribution in [2.45, 2.75) is 31.7 Å². The van der Waals surface area contributed by atoms with Crippen molar-refractivity contribution < 1.29 is 18.7 Å². The van der Waals surface area contributed by atoms with E-state index < -0.39 is 5.97 Å². The highest BCUT2D eigenvalue weighted by Gasteiger charge is 2.26. The van der Waals surface area contributed by atoms with Crippen molar-refractivity contribution in [1.29, 1.82) is 0 Å². The maximum Gasteiger partial charge on any atom is 0.336 e. The Morgan fingerprint density at radius 2 is 2.00 bits per heavy atom. The van der Waals surface area contributed by atoms with Crippen LogP contribution in [-0.2, 0) is 13.0 Å². The summed E-state index contributed by atoms with van der Waals surface area (Å²) in [7, 11) is 0. The number of hydrogen-bond donors (Lipinski definition) is 1. The number of benzene rings is 2. The Balaban J connectivity index is 1.42. The van der Waals surface area contributed by atoms with Gasteiger partial charge in [0.2, 0.25) is 0 Å². The molecule has 1 aliphatic heterocycles. The van der Waals surface area contributed by atoms with Gasteiger partial charge in [-0.1, -0.05) is 30.3 Å². The Hall–Kier alpha value is -2.99. The topological polar surface area (TPSA) is 66.6 Å². The Kier molecular flexibility index (Phi) is 5.71. The maximum absolute atomic E-state index is 13.1. The van der Waals surface area contributed by atoms with Gasteiger partial charge in [0, 0.05) is 25.4 Å². The number of likely N-dealkylation sites (tertiary alicyclic amines) is 1. The molecule has 29 heavy (non-hydrogen) atoms. The van der Waals surface area contributed by atoms with E-state index in [-0.39, 0.29) is 11.7 Å². The number of carbonyl (C=O) groups is 1. The van der Waals surface area contributed by atoms with Crippen LogP contribution in [0.25, 0.3) is 0 Å². The zero-order chi connectivity index (χ0) is 20.2. The molecule has 1 fully saturated rings. The van der Waals surface area contributed by atoms with Crippen molar-refractivity contribution in [3.63, 3.8) is 0 Å². The molecule has 0 amide bonds. The van der Waals surface area contributed by atoms with Crippen molar-refractivity contribution in [3.8, 4) is 0 Å². The third kappa shape index (κ3) is 4.71. The van der Waals surface area contributed by atoms with Crippen LogP contribution in [0.3, 0.4) is 0 Å². The summed E-state index contributed by atoms with van der Waals surface area (Å²) in [5.41, 5.74) is 2.15. The molecule has 1 atom stereocenters. The smallest absolute Gasteiger partial charge is 0.336 e. The molecule has 3 aromatic rings. The van der Waals surface area contributed by atoms with Gasteiger partial charge in [0.05, 0.1) is 11.8 Å². The Morgan fingerprint density at radius 1 is 1.21 bits per heavy atom. The summed E-state index contributed by atoms with van der Waals surface area (Å²) >= 11 is 0. The fourth-order valence-electron chi connectivity index (χ4n) is 3.90. The predicted octanol–water partition coefficient (Wildman–Crippen LogP) is 4.48. The molecule has 0 spiro atoms. The van der Waals surface area contributed by atoms with Gasteiger partial charge in [-0.2, -0.15) is 0 Å². The van der Waals surface area contributed by atoms with Gasteiger partial charge in [0.15, 0.2) is 5.89 Å². The van der Waals surface area contributed by atoms with Crippen LogP contribution >= 0.6 is 0 Å². The van der Waals surface area contributed by atoms with Crippen LogP contribution in [0.15, 0.2) is 59.1 Å². The molecule has 0 unspecified atom stereocenters. The van der Waals surface area contributed by atoms with Crippen LogP contribution in [0, 0.1) is 5.82 Å². The number of aromatic nitrogens is 1. The van der Waals surface area contributed by atoms with Crippen LogP contribution < -0.4 is 0 Å². The zero-order valence-electron chi connectivity index (χ0n) is 16.1. The number of hydrogen-bond acceptors (Lipinski definition) is 4. The van der Waals surface area contributed by atoms with E-state index in [2.05, 4.69) is 9.88 Å². The second-order valence-electron chi connectivity index (χ2n) is 7.50. The molecule has 1 aliphatic rings. The summed E-state index contributed by atoms with van der Waals surface area (Å²) in [6.45, 7) is 2.31. The van der Waals surface area contributed by atoms with Crippen molar-refractivity contribution in [1.82, 2.24) is 9.88 Å². The van der Waals surface area contributed by atoms with Crippen molar-refractivity contribution in [3.05, 3.63) is 88.9 Å². The Labute approximate surface area is 168 Å². The molecule has 150 valence electrons. The van der Waals surface area contributed by atoms with E-state index in [4.69, 9.17) is 4.42 Å². The first-order valence-corrected chi connectivity index (χ1v) is 9.81. The number of nitrogens with zero attached hydrogens (tertiary/aromatic N) is 2. The van der Waals surface area contributed by atoms with Crippen LogP contribution in [0.4, 0.5) is 4.39 Å². The molecule has 2 aromatic carbocycles. The molecule has 0 aliphatic carbocycles. The molecule has 4 rings (SSSR count). The molecule has 1 N–H and O–H groups in total. The molecule has 1 aromatic heterocycles. The quantitative estimate of drug-likeness (QED) is 0.668. The number of oxazole rings is 1. The average Bonchev–Trinajstić information content (AvgIpc) is 3.19. The van der Waals surface area contributed by atoms with Gasteiger partial charge >= 0.3 is 5.97 Å². The van der Waals surface area contributed by atoms with Gasteiger partial charge in [0.1, 0.15) is 11.6 Å². The highest BCUT2D eigenvalue weighted by atomic mass is 19.1. The third-order valence-corrected chi connectivity index (χ3v) is 5.36. The second-order valence-corrected chi connectivity index (χ2v) is 7.50. The first kappa shape index (κ1) is 19.3. The van der Waals surface area contributed by atoms with Crippen LogP contribution in [0.5, 0.6) is 0 Å². The van der Waals surface area contributed by atoms with Gasteiger partial charge in [-0.3, -0.25) is 4.90 Å². The molecule has 2 heterocycles. The van der Waals surface area contributed by atoms with Gasteiger partial charge < -0.3 is 9.52 Å². The third-order valence-electron chi connectivity index (χ3n) is 5.36. The molecule has 0 bridgehead atoms. The van der Waals surface area contributed by atoms with Crippen LogP contribution in [0.2, 0.25) is 0 Å². The van der Waals surface area contributed by atoms with E-state index in [9.17, 15) is 14.3 Å². The second kappa shape index (κ2) is 8.57. The average molecular weight is 394 g/mol. The molecular weight excluding hydrogens is 371 g/mol. The molecule has 5 nitrogen and oxygen atoms in total. The van der Waals surface area contributed by atoms with Gasteiger partial charge in [-0.15, -0.1) is 0 Å². The number of halogens is 1. The summed E-state index contributed by atoms with van der Waals surface area (Å²) in [5.74, 6) is 0.520. The van der Waals surface area contributed by atoms with Crippen molar-refractivity contribution in [2.24, 2.45) is 0 Å². The lowest BCUT2D eigenvalue weighted by Crippen LogP contribution is -2.34. The normalized spacial score (nSPS) is 17.3. The van der Waals surface area contributed by atoms with E-state index in [1.165, 1.54) is 12.1 Å². The maximum atomic E-state index is 13.1. The largest absolute Gasteiger partial charge is 0.478 e. The van der Waals surface area contributed by atoms with Gasteiger partial charge in [0.25, 0.3) is 0 Å². The van der Waals surface area contributed by atoms with Crippen molar-refractivity contribution in [2.75, 3.05) is 13.1 Å². The zero-order valence-corrected chi connectivity index (χ0v) is 16.1. The lowest BCUT2D eigenvalue weighted by molar-refractivity contribution is 0.0693. The van der Waals surface area contributed by atoms with E-state index in [0.717, 1.165) is 48.7 Å². The van der Waals surface area contributed by atoms with E-state index in [1.807, 2.05) is 12.1 Å². The van der Waals surface area contributed by atoms with Crippen LogP contribution in [-0.4, -0.2) is 34.0 Å². The minimum atomic E-state index is -0.896. The molecule has 0 saturated carbocycles. The molecule has 6 heteroatoms. The molecule has 0 radical (unpaired) electrons. The van der Waals surface area contributed by atoms with Gasteiger partial charge in [-0.25, -0.2) is 14.2 Å². The Morgan fingerprint density at radius 3 is 2.79 bits per heavy atom. The highest BCUT2D eigenvalue weighted by molar-refractivity contribution is 5.89. The predicted molar refractivity (Wildman–Crippen MR) is 106 cm³/mol. The van der Waals surface area contributed by atoms with Crippen molar-refractivity contribution >= 4 is 5.97 Å².